The van der Waals surface area contributed by atoms with Gasteiger partial charge in [-0.25, -0.2) is 0 Å². The predicted molar refractivity (Wildman–Crippen MR) is 69.7 cm³/mol. The molecule has 0 radical (unpaired) electrons. The van der Waals surface area contributed by atoms with Crippen LogP contribution >= 0.6 is 0 Å². The standard InChI is InChI=1S/C15H24O/c1-10(2)11(3)12(4)13(5)14-6-8-15(16)9-7-14/h6-13,16H,1-5H3. The topological polar surface area (TPSA) is 20.2 Å². The molecule has 1 rings (SSSR count). The van der Waals surface area contributed by atoms with Gasteiger partial charge >= 0.3 is 0 Å². The van der Waals surface area contributed by atoms with Crippen molar-refractivity contribution >= 4 is 0 Å². The number of phenols is 1. The lowest BCUT2D eigenvalue weighted by molar-refractivity contribution is 0.264. The van der Waals surface area contributed by atoms with Crippen molar-refractivity contribution in [1.82, 2.24) is 0 Å². The molecule has 3 atom stereocenters. The van der Waals surface area contributed by atoms with Gasteiger partial charge in [0.15, 0.2) is 0 Å². The van der Waals surface area contributed by atoms with Crippen LogP contribution in [-0.4, -0.2) is 5.11 Å². The summed E-state index contributed by atoms with van der Waals surface area (Å²) < 4.78 is 0. The molecule has 0 aliphatic heterocycles. The molecule has 0 aliphatic carbocycles. The number of hydrogen-bond acceptors (Lipinski definition) is 1. The summed E-state index contributed by atoms with van der Waals surface area (Å²) in [5.41, 5.74) is 1.32. The molecule has 0 aliphatic rings. The van der Waals surface area contributed by atoms with Gasteiger partial charge in [0, 0.05) is 0 Å². The first-order chi connectivity index (χ1) is 7.43. The van der Waals surface area contributed by atoms with Crippen LogP contribution in [0.15, 0.2) is 24.3 Å². The van der Waals surface area contributed by atoms with Crippen molar-refractivity contribution in [3.63, 3.8) is 0 Å². The summed E-state index contributed by atoms with van der Waals surface area (Å²) in [6, 6.07) is 7.62. The summed E-state index contributed by atoms with van der Waals surface area (Å²) in [5.74, 6) is 2.97. The first kappa shape index (κ1) is 13.1. The fraction of sp³-hybridized carbons (Fsp3) is 0.600. The quantitative estimate of drug-likeness (QED) is 0.796. The molecule has 0 bridgehead atoms. The van der Waals surface area contributed by atoms with E-state index in [1.807, 2.05) is 12.1 Å². The minimum Gasteiger partial charge on any atom is -0.508 e. The highest BCUT2D eigenvalue weighted by Crippen LogP contribution is 2.33. The van der Waals surface area contributed by atoms with E-state index in [-0.39, 0.29) is 0 Å². The van der Waals surface area contributed by atoms with Gasteiger partial charge in [-0.2, -0.15) is 0 Å². The Labute approximate surface area is 99.5 Å². The summed E-state index contributed by atoms with van der Waals surface area (Å²) in [7, 11) is 0. The molecule has 1 N–H and O–H groups in total. The zero-order valence-corrected chi connectivity index (χ0v) is 11.1. The normalized spacial score (nSPS) is 17.1. The molecule has 0 heterocycles. The van der Waals surface area contributed by atoms with Crippen LogP contribution in [-0.2, 0) is 0 Å². The largest absolute Gasteiger partial charge is 0.508 e. The van der Waals surface area contributed by atoms with Crippen LogP contribution in [0.1, 0.15) is 46.1 Å². The van der Waals surface area contributed by atoms with Gasteiger partial charge in [-0.3, -0.25) is 0 Å². The lowest BCUT2D eigenvalue weighted by Crippen LogP contribution is -2.19. The van der Waals surface area contributed by atoms with Crippen LogP contribution in [0.4, 0.5) is 0 Å². The van der Waals surface area contributed by atoms with Crippen LogP contribution in [0.3, 0.4) is 0 Å². The number of rotatable bonds is 4. The summed E-state index contributed by atoms with van der Waals surface area (Å²) in [5, 5.41) is 9.27. The van der Waals surface area contributed by atoms with E-state index in [4.69, 9.17) is 0 Å². The van der Waals surface area contributed by atoms with Gasteiger partial charge in [0.1, 0.15) is 5.75 Å². The molecule has 0 saturated carbocycles. The van der Waals surface area contributed by atoms with E-state index in [1.54, 1.807) is 12.1 Å². The molecule has 0 fully saturated rings. The Balaban J connectivity index is 2.77. The molecule has 16 heavy (non-hydrogen) atoms. The minimum absolute atomic E-state index is 0.348. The maximum absolute atomic E-state index is 9.27. The van der Waals surface area contributed by atoms with Crippen molar-refractivity contribution in [2.75, 3.05) is 0 Å². The molecule has 1 nitrogen and oxygen atoms in total. The maximum Gasteiger partial charge on any atom is 0.115 e. The van der Waals surface area contributed by atoms with Gasteiger partial charge in [0.2, 0.25) is 0 Å². The third-order valence-corrected chi connectivity index (χ3v) is 4.09. The van der Waals surface area contributed by atoms with E-state index in [2.05, 4.69) is 34.6 Å². The van der Waals surface area contributed by atoms with Crippen molar-refractivity contribution < 1.29 is 5.11 Å². The zero-order chi connectivity index (χ0) is 12.3. The van der Waals surface area contributed by atoms with E-state index in [0.29, 0.717) is 23.5 Å². The molecule has 1 aromatic rings. The van der Waals surface area contributed by atoms with Gasteiger partial charge in [0.05, 0.1) is 0 Å². The van der Waals surface area contributed by atoms with Crippen molar-refractivity contribution in [2.45, 2.75) is 40.5 Å². The van der Waals surface area contributed by atoms with E-state index >= 15 is 0 Å². The zero-order valence-electron chi connectivity index (χ0n) is 11.1. The molecular formula is C15H24O. The first-order valence-corrected chi connectivity index (χ1v) is 6.22. The number of hydrogen-bond donors (Lipinski definition) is 1. The monoisotopic (exact) mass is 220 g/mol. The molecule has 3 unspecified atom stereocenters. The number of phenolic OH excluding ortho intramolecular Hbond substituents is 1. The van der Waals surface area contributed by atoms with Crippen molar-refractivity contribution in [3.8, 4) is 5.75 Å². The highest BCUT2D eigenvalue weighted by Gasteiger charge is 2.22. The first-order valence-electron chi connectivity index (χ1n) is 6.22. The smallest absolute Gasteiger partial charge is 0.115 e. The molecule has 1 aromatic carbocycles. The second-order valence-corrected chi connectivity index (χ2v) is 5.34. The second-order valence-electron chi connectivity index (χ2n) is 5.34. The van der Waals surface area contributed by atoms with Crippen molar-refractivity contribution in [3.05, 3.63) is 29.8 Å². The molecule has 0 spiro atoms. The van der Waals surface area contributed by atoms with Crippen molar-refractivity contribution in [2.24, 2.45) is 17.8 Å². The van der Waals surface area contributed by atoms with Crippen LogP contribution in [0, 0.1) is 17.8 Å². The van der Waals surface area contributed by atoms with Gasteiger partial charge in [-0.15, -0.1) is 0 Å². The Kier molecular flexibility index (Phi) is 4.40. The van der Waals surface area contributed by atoms with Gasteiger partial charge < -0.3 is 5.11 Å². The van der Waals surface area contributed by atoms with Gasteiger partial charge in [-0.1, -0.05) is 46.8 Å². The Morgan fingerprint density at radius 1 is 0.812 bits per heavy atom. The predicted octanol–water partition coefficient (Wildman–Crippen LogP) is 4.42. The third-order valence-electron chi connectivity index (χ3n) is 4.09. The number of aromatic hydroxyl groups is 1. The molecule has 0 aromatic heterocycles. The van der Waals surface area contributed by atoms with E-state index < -0.39 is 0 Å². The lowest BCUT2D eigenvalue weighted by atomic mass is 9.76. The fourth-order valence-corrected chi connectivity index (χ4v) is 2.14. The second kappa shape index (κ2) is 5.38. The molecule has 0 amide bonds. The molecule has 0 saturated heterocycles. The van der Waals surface area contributed by atoms with Gasteiger partial charge in [0.25, 0.3) is 0 Å². The summed E-state index contributed by atoms with van der Waals surface area (Å²) in [6.07, 6.45) is 0. The van der Waals surface area contributed by atoms with Gasteiger partial charge in [-0.05, 0) is 41.4 Å². The lowest BCUT2D eigenvalue weighted by Gasteiger charge is -2.29. The van der Waals surface area contributed by atoms with E-state index in [9.17, 15) is 5.11 Å². The molecule has 90 valence electrons. The van der Waals surface area contributed by atoms with Crippen LogP contribution in [0.25, 0.3) is 0 Å². The van der Waals surface area contributed by atoms with Crippen LogP contribution < -0.4 is 0 Å². The van der Waals surface area contributed by atoms with E-state index in [0.717, 1.165) is 5.92 Å². The summed E-state index contributed by atoms with van der Waals surface area (Å²) in [6.45, 7) is 11.5. The average molecular weight is 220 g/mol. The minimum atomic E-state index is 0.348. The van der Waals surface area contributed by atoms with Crippen molar-refractivity contribution in [1.29, 1.82) is 0 Å². The Bertz CT molecular complexity index is 313. The summed E-state index contributed by atoms with van der Waals surface area (Å²) in [4.78, 5) is 0. The Morgan fingerprint density at radius 2 is 1.31 bits per heavy atom. The van der Waals surface area contributed by atoms with Crippen LogP contribution in [0.2, 0.25) is 0 Å². The third kappa shape index (κ3) is 3.01. The number of benzene rings is 1. The average Bonchev–Trinajstić information content (AvgIpc) is 2.27. The van der Waals surface area contributed by atoms with Crippen LogP contribution in [0.5, 0.6) is 5.75 Å². The maximum atomic E-state index is 9.27. The SMILES string of the molecule is CC(C)C(C)C(C)C(C)c1ccc(O)cc1. The molecule has 1 heteroatoms. The molecular weight excluding hydrogens is 196 g/mol. The fourth-order valence-electron chi connectivity index (χ4n) is 2.14. The summed E-state index contributed by atoms with van der Waals surface area (Å²) >= 11 is 0. The highest BCUT2D eigenvalue weighted by atomic mass is 16.3. The van der Waals surface area contributed by atoms with E-state index in [1.165, 1.54) is 5.56 Å². The Morgan fingerprint density at radius 3 is 1.75 bits per heavy atom. The Hall–Kier alpha value is -0.980. The highest BCUT2D eigenvalue weighted by molar-refractivity contribution is 5.28.